The number of carbonyl (C=O) groups is 6. The van der Waals surface area contributed by atoms with E-state index in [1.54, 1.807) is 0 Å². The summed E-state index contributed by atoms with van der Waals surface area (Å²) in [5, 5.41) is 34.0. The van der Waals surface area contributed by atoms with Crippen molar-refractivity contribution in [1.82, 2.24) is 15.5 Å². The van der Waals surface area contributed by atoms with Crippen molar-refractivity contribution < 1.29 is 80.7 Å². The van der Waals surface area contributed by atoms with Crippen molar-refractivity contribution in [1.29, 1.82) is 0 Å². The third-order valence-corrected chi connectivity index (χ3v) is 7.70. The van der Waals surface area contributed by atoms with Crippen LogP contribution < -0.4 is 20.1 Å². The highest BCUT2D eigenvalue weighted by Crippen LogP contribution is 2.29. The van der Waals surface area contributed by atoms with Crippen LogP contribution in [0.3, 0.4) is 0 Å². The van der Waals surface area contributed by atoms with Crippen LogP contribution in [-0.2, 0) is 59.7 Å². The summed E-state index contributed by atoms with van der Waals surface area (Å²) in [6.45, 7) is 0.284. The molecule has 4 amide bonds. The number of imide groups is 1. The van der Waals surface area contributed by atoms with Crippen LogP contribution in [0.4, 0.5) is 0 Å². The normalized spacial score (nSPS) is 21.0. The van der Waals surface area contributed by atoms with Gasteiger partial charge >= 0.3 is 11.9 Å². The van der Waals surface area contributed by atoms with Crippen LogP contribution in [0.5, 0.6) is 11.5 Å². The molecule has 1 aromatic rings. The lowest BCUT2D eigenvalue weighted by Crippen LogP contribution is -2.52. The number of ether oxygens (including phenoxy) is 5. The second kappa shape index (κ2) is 18.4. The van der Waals surface area contributed by atoms with Crippen molar-refractivity contribution in [3.05, 3.63) is 35.9 Å². The zero-order valence-corrected chi connectivity index (χ0v) is 27.4. The number of carboxylic acid groups (broad SMARTS) is 1. The number of amides is 4. The number of carbonyl (C=O) groups excluding carboxylic acids is 5. The van der Waals surface area contributed by atoms with E-state index in [-0.39, 0.29) is 57.4 Å². The molecule has 3 rings (SSSR count). The fourth-order valence-electron chi connectivity index (χ4n) is 4.48. The van der Waals surface area contributed by atoms with Crippen molar-refractivity contribution in [3.63, 3.8) is 0 Å². The second-order valence-electron chi connectivity index (χ2n) is 10.8. The molecule has 6 N–H and O–H groups in total. The van der Waals surface area contributed by atoms with Crippen molar-refractivity contribution in [2.45, 2.75) is 57.0 Å². The van der Waals surface area contributed by atoms with Crippen LogP contribution in [0.1, 0.15) is 25.3 Å². The van der Waals surface area contributed by atoms with Crippen LogP contribution in [0.25, 0.3) is 0 Å². The standard InChI is InChI=1S/C29H37N3O17S/c1-16(33)47-14-17-2-3-18(48-29-26(38)20(34)13-22(49-29)28(40)41)12-21(17)46-11-10-45-9-7-30-27(39)19(15-50(42,43)44)31-23(35)6-8-32-24(36)4-5-25(32)37/h2-5,12,19-20,22,26,29,34,38H,6-11,13-15H2,1H3,(H,30,39)(H,31,35)(H,40,41)(H,42,43,44)/t19-,20-,22-,26+,29+/m0/s1. The van der Waals surface area contributed by atoms with Gasteiger partial charge < -0.3 is 49.6 Å². The maximum absolute atomic E-state index is 12.6. The Balaban J connectivity index is 1.49. The Kier molecular flexibility index (Phi) is 14.6. The van der Waals surface area contributed by atoms with Crippen LogP contribution in [0, 0.1) is 0 Å². The molecule has 1 fully saturated rings. The van der Waals surface area contributed by atoms with Crippen LogP contribution >= 0.6 is 0 Å². The summed E-state index contributed by atoms with van der Waals surface area (Å²) in [6.07, 6.45) is -4.66. The topological polar surface area (TPSA) is 291 Å². The van der Waals surface area contributed by atoms with E-state index in [1.165, 1.54) is 25.1 Å². The monoisotopic (exact) mass is 731 g/mol. The van der Waals surface area contributed by atoms with Gasteiger partial charge in [-0.25, -0.2) is 4.79 Å². The molecule has 2 aliphatic rings. The van der Waals surface area contributed by atoms with Crippen molar-refractivity contribution in [2.75, 3.05) is 38.7 Å². The Morgan fingerprint density at radius 2 is 1.78 bits per heavy atom. The minimum Gasteiger partial charge on any atom is -0.491 e. The molecular formula is C29H37N3O17S. The van der Waals surface area contributed by atoms with Crippen molar-refractivity contribution in [2.24, 2.45) is 0 Å². The molecule has 0 aliphatic carbocycles. The van der Waals surface area contributed by atoms with Crippen molar-refractivity contribution >= 4 is 45.7 Å². The summed E-state index contributed by atoms with van der Waals surface area (Å²) in [6, 6.07) is 2.55. The zero-order chi connectivity index (χ0) is 37.0. The summed E-state index contributed by atoms with van der Waals surface area (Å²) in [5.74, 6) is -5.94. The van der Waals surface area contributed by atoms with E-state index < -0.39 is 88.5 Å². The first-order chi connectivity index (χ1) is 23.5. The highest BCUT2D eigenvalue weighted by molar-refractivity contribution is 7.85. The zero-order valence-electron chi connectivity index (χ0n) is 26.6. The lowest BCUT2D eigenvalue weighted by Gasteiger charge is -2.35. The highest BCUT2D eigenvalue weighted by Gasteiger charge is 2.41. The molecule has 2 aliphatic heterocycles. The Hall–Kier alpha value is -4.67. The maximum Gasteiger partial charge on any atom is 0.333 e. The fraction of sp³-hybridized carbons (Fsp3) is 0.517. The van der Waals surface area contributed by atoms with Gasteiger partial charge in [0.2, 0.25) is 18.1 Å². The molecular weight excluding hydrogens is 694 g/mol. The molecule has 0 saturated carbocycles. The average Bonchev–Trinajstić information content (AvgIpc) is 3.36. The largest absolute Gasteiger partial charge is 0.491 e. The summed E-state index contributed by atoms with van der Waals surface area (Å²) in [4.78, 5) is 71.6. The quantitative estimate of drug-likeness (QED) is 0.0364. The highest BCUT2D eigenvalue weighted by atomic mass is 32.2. The van der Waals surface area contributed by atoms with E-state index in [4.69, 9.17) is 23.7 Å². The van der Waals surface area contributed by atoms with E-state index >= 15 is 0 Å². The molecule has 21 heteroatoms. The Morgan fingerprint density at radius 1 is 1.08 bits per heavy atom. The van der Waals surface area contributed by atoms with Gasteiger partial charge in [-0.3, -0.25) is 33.4 Å². The number of benzene rings is 1. The molecule has 0 aromatic heterocycles. The molecule has 1 saturated heterocycles. The summed E-state index contributed by atoms with van der Waals surface area (Å²) in [7, 11) is -4.71. The summed E-state index contributed by atoms with van der Waals surface area (Å²) in [5.41, 5.74) is 0.399. The molecule has 276 valence electrons. The molecule has 2 heterocycles. The van der Waals surface area contributed by atoms with E-state index in [0.29, 0.717) is 5.56 Å². The SMILES string of the molecule is CC(=O)OCc1ccc(O[C@@H]2O[C@H](C(=O)O)C[C@H](O)[C@H]2O)cc1OCCOCCNC(=O)[C@H](CS(=O)(=O)O)NC(=O)CCN1C(=O)C=CC1=O. The number of aliphatic carboxylic acids is 1. The van der Waals surface area contributed by atoms with E-state index in [9.17, 15) is 57.1 Å². The molecule has 20 nitrogen and oxygen atoms in total. The Bertz CT molecular complexity index is 1550. The molecule has 50 heavy (non-hydrogen) atoms. The number of esters is 1. The second-order valence-corrected chi connectivity index (χ2v) is 12.3. The molecule has 0 bridgehead atoms. The molecule has 0 radical (unpaired) electrons. The van der Waals surface area contributed by atoms with Crippen LogP contribution in [0.2, 0.25) is 0 Å². The first-order valence-electron chi connectivity index (χ1n) is 15.0. The van der Waals surface area contributed by atoms with Gasteiger partial charge in [0.25, 0.3) is 21.9 Å². The fourth-order valence-corrected chi connectivity index (χ4v) is 5.13. The van der Waals surface area contributed by atoms with Gasteiger partial charge in [-0.15, -0.1) is 0 Å². The average molecular weight is 732 g/mol. The van der Waals surface area contributed by atoms with Crippen LogP contribution in [0.15, 0.2) is 30.4 Å². The van der Waals surface area contributed by atoms with Gasteiger partial charge in [0.15, 0.2) is 6.10 Å². The lowest BCUT2D eigenvalue weighted by molar-refractivity contribution is -0.238. The first-order valence-corrected chi connectivity index (χ1v) is 16.6. The number of hydrogen-bond donors (Lipinski definition) is 6. The Morgan fingerprint density at radius 3 is 2.42 bits per heavy atom. The number of nitrogens with zero attached hydrogens (tertiary/aromatic N) is 1. The number of aliphatic hydroxyl groups is 2. The summed E-state index contributed by atoms with van der Waals surface area (Å²) >= 11 is 0. The predicted octanol–water partition coefficient (Wildman–Crippen LogP) is -2.75. The van der Waals surface area contributed by atoms with Gasteiger partial charge in [0.05, 0.1) is 19.3 Å². The van der Waals surface area contributed by atoms with E-state index in [2.05, 4.69) is 10.6 Å². The van der Waals surface area contributed by atoms with Gasteiger partial charge in [0, 0.05) is 56.6 Å². The third-order valence-electron chi connectivity index (χ3n) is 6.95. The van der Waals surface area contributed by atoms with E-state index in [0.717, 1.165) is 17.1 Å². The number of hydrogen-bond acceptors (Lipinski definition) is 15. The van der Waals surface area contributed by atoms with Crippen LogP contribution in [-0.4, -0.2) is 138 Å². The van der Waals surface area contributed by atoms with E-state index in [1.807, 2.05) is 0 Å². The number of carboxylic acids is 1. The van der Waals surface area contributed by atoms with Gasteiger partial charge in [0.1, 0.15) is 42.6 Å². The number of nitrogens with one attached hydrogen (secondary N) is 2. The smallest absolute Gasteiger partial charge is 0.333 e. The molecule has 5 atom stereocenters. The summed E-state index contributed by atoms with van der Waals surface area (Å²) < 4.78 is 59.1. The van der Waals surface area contributed by atoms with Gasteiger partial charge in [-0.05, 0) is 12.1 Å². The minimum absolute atomic E-state index is 0.0547. The van der Waals surface area contributed by atoms with Gasteiger partial charge in [-0.1, -0.05) is 0 Å². The first kappa shape index (κ1) is 39.8. The Labute approximate surface area is 285 Å². The van der Waals surface area contributed by atoms with Crippen molar-refractivity contribution in [3.8, 4) is 11.5 Å². The molecule has 1 aromatic carbocycles. The lowest BCUT2D eigenvalue weighted by atomic mass is 10.0. The number of aliphatic hydroxyl groups excluding tert-OH is 2. The minimum atomic E-state index is -4.71. The number of rotatable bonds is 19. The maximum atomic E-state index is 12.6. The van der Waals surface area contributed by atoms with Gasteiger partial charge in [-0.2, -0.15) is 8.42 Å². The molecule has 0 unspecified atom stereocenters. The molecule has 0 spiro atoms. The predicted molar refractivity (Wildman–Crippen MR) is 164 cm³/mol. The third kappa shape index (κ3) is 12.7.